The summed E-state index contributed by atoms with van der Waals surface area (Å²) in [7, 11) is 3.01. The number of aliphatic hydroxyl groups is 1. The van der Waals surface area contributed by atoms with Crippen molar-refractivity contribution in [1.29, 1.82) is 0 Å². The van der Waals surface area contributed by atoms with E-state index in [1.54, 1.807) is 19.1 Å². The number of carbonyl (C=O) groups excluding carboxylic acids is 1. The van der Waals surface area contributed by atoms with Gasteiger partial charge in [-0.1, -0.05) is 11.8 Å². The Balaban J connectivity index is 3.04. The van der Waals surface area contributed by atoms with E-state index in [2.05, 4.69) is 11.8 Å². The first-order valence-corrected chi connectivity index (χ1v) is 6.16. The van der Waals surface area contributed by atoms with E-state index >= 15 is 0 Å². The number of rotatable bonds is 5. The molecule has 1 rings (SSSR count). The van der Waals surface area contributed by atoms with Gasteiger partial charge in [-0.25, -0.2) is 0 Å². The third-order valence-electron chi connectivity index (χ3n) is 2.50. The van der Waals surface area contributed by atoms with Gasteiger partial charge in [-0.3, -0.25) is 4.79 Å². The van der Waals surface area contributed by atoms with E-state index < -0.39 is 0 Å². The van der Waals surface area contributed by atoms with Crippen molar-refractivity contribution in [2.45, 2.75) is 20.0 Å². The molecular weight excluding hydrogens is 260 g/mol. The van der Waals surface area contributed by atoms with Crippen LogP contribution in [0.3, 0.4) is 0 Å². The maximum absolute atomic E-state index is 11.2. The standard InChI is InChI=1S/C15H18O5/c1-4-20-15(17)7-5-6-12-13(18-2)8-11(10-16)9-14(12)19-3/h8-9,16H,4,7,10H2,1-3H3. The quantitative estimate of drug-likeness (QED) is 0.653. The number of esters is 1. The second-order valence-electron chi connectivity index (χ2n) is 3.82. The largest absolute Gasteiger partial charge is 0.495 e. The van der Waals surface area contributed by atoms with Crippen molar-refractivity contribution in [2.75, 3.05) is 20.8 Å². The molecule has 0 atom stereocenters. The number of methoxy groups -OCH3 is 2. The maximum Gasteiger partial charge on any atom is 0.317 e. The molecule has 0 heterocycles. The molecule has 0 bridgehead atoms. The number of carbonyl (C=O) groups is 1. The molecule has 0 aliphatic carbocycles. The summed E-state index contributed by atoms with van der Waals surface area (Å²) in [6.45, 7) is 1.95. The van der Waals surface area contributed by atoms with Crippen molar-refractivity contribution in [3.8, 4) is 23.3 Å². The van der Waals surface area contributed by atoms with Gasteiger partial charge < -0.3 is 19.3 Å². The highest BCUT2D eigenvalue weighted by molar-refractivity contribution is 5.73. The third-order valence-corrected chi connectivity index (χ3v) is 2.50. The summed E-state index contributed by atoms with van der Waals surface area (Å²) in [6.07, 6.45) is 0.00188. The summed E-state index contributed by atoms with van der Waals surface area (Å²) in [5.74, 6) is 6.18. The average molecular weight is 278 g/mol. The average Bonchev–Trinajstić information content (AvgIpc) is 2.47. The predicted octanol–water partition coefficient (Wildman–Crippen LogP) is 1.50. The number of benzene rings is 1. The predicted molar refractivity (Wildman–Crippen MR) is 73.6 cm³/mol. The lowest BCUT2D eigenvalue weighted by molar-refractivity contribution is -0.141. The Bertz CT molecular complexity index is 500. The molecule has 1 aromatic carbocycles. The van der Waals surface area contributed by atoms with E-state index in [0.29, 0.717) is 29.2 Å². The van der Waals surface area contributed by atoms with Crippen molar-refractivity contribution in [1.82, 2.24) is 0 Å². The Morgan fingerprint density at radius 1 is 1.25 bits per heavy atom. The van der Waals surface area contributed by atoms with Gasteiger partial charge in [-0.2, -0.15) is 0 Å². The van der Waals surface area contributed by atoms with Gasteiger partial charge in [-0.15, -0.1) is 0 Å². The van der Waals surface area contributed by atoms with Crippen molar-refractivity contribution < 1.29 is 24.1 Å². The highest BCUT2D eigenvalue weighted by Gasteiger charge is 2.10. The highest BCUT2D eigenvalue weighted by atomic mass is 16.5. The first kappa shape index (κ1) is 15.9. The summed E-state index contributed by atoms with van der Waals surface area (Å²) in [5.41, 5.74) is 1.20. The summed E-state index contributed by atoms with van der Waals surface area (Å²) in [6, 6.07) is 3.35. The van der Waals surface area contributed by atoms with Crippen LogP contribution in [0.25, 0.3) is 0 Å². The van der Waals surface area contributed by atoms with Gasteiger partial charge in [0.05, 0.1) is 27.4 Å². The van der Waals surface area contributed by atoms with Crippen molar-refractivity contribution in [2.24, 2.45) is 0 Å². The van der Waals surface area contributed by atoms with Crippen LogP contribution in [0.1, 0.15) is 24.5 Å². The minimum atomic E-state index is -0.370. The molecule has 0 aromatic heterocycles. The number of ether oxygens (including phenoxy) is 3. The maximum atomic E-state index is 11.2. The first-order valence-electron chi connectivity index (χ1n) is 6.16. The Morgan fingerprint density at radius 3 is 2.30 bits per heavy atom. The minimum Gasteiger partial charge on any atom is -0.495 e. The topological polar surface area (TPSA) is 65.0 Å². The van der Waals surface area contributed by atoms with Crippen LogP contribution < -0.4 is 9.47 Å². The smallest absolute Gasteiger partial charge is 0.317 e. The monoisotopic (exact) mass is 278 g/mol. The molecule has 0 amide bonds. The molecule has 0 radical (unpaired) electrons. The van der Waals surface area contributed by atoms with Gasteiger partial charge >= 0.3 is 5.97 Å². The molecule has 0 saturated carbocycles. The molecule has 1 aromatic rings. The molecule has 0 spiro atoms. The van der Waals surface area contributed by atoms with Crippen molar-refractivity contribution in [3.05, 3.63) is 23.3 Å². The van der Waals surface area contributed by atoms with Crippen LogP contribution in [0.5, 0.6) is 11.5 Å². The SMILES string of the molecule is CCOC(=O)CC#Cc1c(OC)cc(CO)cc1OC. The van der Waals surface area contributed by atoms with E-state index in [4.69, 9.17) is 19.3 Å². The van der Waals surface area contributed by atoms with Crippen LogP contribution in [0.2, 0.25) is 0 Å². The van der Waals surface area contributed by atoms with E-state index in [1.165, 1.54) is 14.2 Å². The second-order valence-corrected chi connectivity index (χ2v) is 3.82. The van der Waals surface area contributed by atoms with E-state index in [9.17, 15) is 4.79 Å². The molecular formula is C15H18O5. The van der Waals surface area contributed by atoms with Gasteiger partial charge in [0.2, 0.25) is 0 Å². The summed E-state index contributed by atoms with van der Waals surface area (Å²) < 4.78 is 15.2. The molecule has 1 N–H and O–H groups in total. The van der Waals surface area contributed by atoms with Gasteiger partial charge in [0.1, 0.15) is 23.5 Å². The molecule has 20 heavy (non-hydrogen) atoms. The molecule has 0 saturated heterocycles. The van der Waals surface area contributed by atoms with E-state index in [-0.39, 0.29) is 19.0 Å². The normalized spacial score (nSPS) is 9.40. The fourth-order valence-electron chi connectivity index (χ4n) is 1.60. The molecule has 0 aliphatic rings. The lowest BCUT2D eigenvalue weighted by Crippen LogP contribution is -2.02. The van der Waals surface area contributed by atoms with Crippen molar-refractivity contribution >= 4 is 5.97 Å². The first-order chi connectivity index (χ1) is 9.65. The molecule has 108 valence electrons. The van der Waals surface area contributed by atoms with Crippen LogP contribution in [0.4, 0.5) is 0 Å². The summed E-state index contributed by atoms with van der Waals surface area (Å²) in [5, 5.41) is 9.17. The van der Waals surface area contributed by atoms with Crippen LogP contribution >= 0.6 is 0 Å². The van der Waals surface area contributed by atoms with Crippen LogP contribution in [-0.2, 0) is 16.1 Å². The van der Waals surface area contributed by atoms with Crippen LogP contribution in [0, 0.1) is 11.8 Å². The van der Waals surface area contributed by atoms with Gasteiger partial charge in [0.15, 0.2) is 0 Å². The zero-order valence-corrected chi connectivity index (χ0v) is 11.9. The highest BCUT2D eigenvalue weighted by Crippen LogP contribution is 2.29. The zero-order chi connectivity index (χ0) is 15.0. The Morgan fingerprint density at radius 2 is 1.85 bits per heavy atom. The number of hydrogen-bond donors (Lipinski definition) is 1. The Labute approximate surface area is 118 Å². The van der Waals surface area contributed by atoms with Crippen molar-refractivity contribution in [3.63, 3.8) is 0 Å². The molecule has 0 unspecified atom stereocenters. The van der Waals surface area contributed by atoms with Gasteiger partial charge in [0, 0.05) is 0 Å². The molecule has 0 aliphatic heterocycles. The second kappa shape index (κ2) is 8.08. The number of hydrogen-bond acceptors (Lipinski definition) is 5. The fraction of sp³-hybridized carbons (Fsp3) is 0.400. The Hall–Kier alpha value is -2.19. The van der Waals surface area contributed by atoms with E-state index in [1.807, 2.05) is 0 Å². The third kappa shape index (κ3) is 4.18. The van der Waals surface area contributed by atoms with Gasteiger partial charge in [0.25, 0.3) is 0 Å². The van der Waals surface area contributed by atoms with Crippen LogP contribution in [-0.4, -0.2) is 31.9 Å². The summed E-state index contributed by atoms with van der Waals surface area (Å²) in [4.78, 5) is 11.2. The molecule has 5 heteroatoms. The number of aliphatic hydroxyl groups excluding tert-OH is 1. The Kier molecular flexibility index (Phi) is 6.41. The van der Waals surface area contributed by atoms with E-state index in [0.717, 1.165) is 0 Å². The zero-order valence-electron chi connectivity index (χ0n) is 11.9. The minimum absolute atomic E-state index is 0.00188. The lowest BCUT2D eigenvalue weighted by atomic mass is 10.1. The van der Waals surface area contributed by atoms with Crippen LogP contribution in [0.15, 0.2) is 12.1 Å². The summed E-state index contributed by atoms with van der Waals surface area (Å²) >= 11 is 0. The fourth-order valence-corrected chi connectivity index (χ4v) is 1.60. The molecule has 5 nitrogen and oxygen atoms in total. The lowest BCUT2D eigenvalue weighted by Gasteiger charge is -2.10. The van der Waals surface area contributed by atoms with Gasteiger partial charge in [-0.05, 0) is 24.6 Å². The molecule has 0 fully saturated rings.